The van der Waals surface area contributed by atoms with Crippen molar-refractivity contribution in [1.29, 1.82) is 0 Å². The quantitative estimate of drug-likeness (QED) is 0.341. The van der Waals surface area contributed by atoms with E-state index in [4.69, 9.17) is 0 Å². The van der Waals surface area contributed by atoms with Crippen LogP contribution in [0, 0.1) is 0 Å². The first-order valence-corrected chi connectivity index (χ1v) is 4.45. The third kappa shape index (κ3) is 5.89. The van der Waals surface area contributed by atoms with Crippen LogP contribution in [0.2, 0.25) is 0 Å². The maximum Gasteiger partial charge on any atom is 0.0617 e. The lowest BCUT2D eigenvalue weighted by atomic mass is 10.2. The Bertz CT molecular complexity index is 152. The smallest absolute Gasteiger partial charge is 0.0617 e. The monoisotopic (exact) mass is 169 g/mol. The molecule has 0 saturated carbocycles. The Labute approximate surface area is 75.1 Å². The molecule has 12 heavy (non-hydrogen) atoms. The van der Waals surface area contributed by atoms with Gasteiger partial charge in [-0.25, -0.2) is 0 Å². The van der Waals surface area contributed by atoms with Gasteiger partial charge in [0.1, 0.15) is 0 Å². The van der Waals surface area contributed by atoms with Crippen molar-refractivity contribution in [3.63, 3.8) is 0 Å². The van der Waals surface area contributed by atoms with Crippen molar-refractivity contribution in [2.24, 2.45) is 10.3 Å². The third-order valence-electron chi connectivity index (χ3n) is 1.49. The zero-order chi connectivity index (χ0) is 9.40. The Morgan fingerprint density at radius 3 is 2.58 bits per heavy atom. The topological polar surface area (TPSA) is 28.0 Å². The molecule has 0 spiro atoms. The van der Waals surface area contributed by atoms with E-state index in [1.165, 1.54) is 5.57 Å². The Balaban J connectivity index is 3.58. The Morgan fingerprint density at radius 2 is 2.08 bits per heavy atom. The van der Waals surface area contributed by atoms with E-state index >= 15 is 0 Å². The van der Waals surface area contributed by atoms with Gasteiger partial charge in [0.25, 0.3) is 0 Å². The molecule has 0 aliphatic carbocycles. The normalized spacial score (nSPS) is 10.6. The van der Waals surface area contributed by atoms with E-state index in [0.717, 1.165) is 25.9 Å². The summed E-state index contributed by atoms with van der Waals surface area (Å²) in [6, 6.07) is 0. The van der Waals surface area contributed by atoms with Gasteiger partial charge in [0.15, 0.2) is 0 Å². The summed E-state index contributed by atoms with van der Waals surface area (Å²) < 4.78 is 0. The SMILES string of the molecule is C=C(CC)CN(C)N=NCCC. The molecular formula is C9H19N3. The molecule has 0 bridgehead atoms. The van der Waals surface area contributed by atoms with Crippen molar-refractivity contribution < 1.29 is 0 Å². The molecule has 0 amide bonds. The summed E-state index contributed by atoms with van der Waals surface area (Å²) in [5, 5.41) is 9.81. The lowest BCUT2D eigenvalue weighted by molar-refractivity contribution is 0.350. The highest BCUT2D eigenvalue weighted by Crippen LogP contribution is 1.99. The maximum atomic E-state index is 4.00. The average Bonchev–Trinajstić information content (AvgIpc) is 2.05. The summed E-state index contributed by atoms with van der Waals surface area (Å²) >= 11 is 0. The second kappa shape index (κ2) is 6.83. The molecule has 0 aliphatic rings. The zero-order valence-corrected chi connectivity index (χ0v) is 8.38. The van der Waals surface area contributed by atoms with E-state index in [1.807, 2.05) is 12.1 Å². The predicted molar refractivity (Wildman–Crippen MR) is 52.1 cm³/mol. The molecule has 0 saturated heterocycles. The second-order valence-corrected chi connectivity index (χ2v) is 2.87. The average molecular weight is 169 g/mol. The van der Waals surface area contributed by atoms with E-state index in [0.29, 0.717) is 0 Å². The fourth-order valence-corrected chi connectivity index (χ4v) is 0.720. The van der Waals surface area contributed by atoms with Crippen LogP contribution in [-0.2, 0) is 0 Å². The molecule has 70 valence electrons. The van der Waals surface area contributed by atoms with Crippen molar-refractivity contribution in [3.05, 3.63) is 12.2 Å². The molecule has 0 N–H and O–H groups in total. The van der Waals surface area contributed by atoms with Gasteiger partial charge >= 0.3 is 0 Å². The van der Waals surface area contributed by atoms with Gasteiger partial charge in [-0.05, 0) is 12.8 Å². The van der Waals surface area contributed by atoms with Gasteiger partial charge in [-0.2, -0.15) is 5.11 Å². The molecule has 0 unspecified atom stereocenters. The molecule has 0 aromatic rings. The Morgan fingerprint density at radius 1 is 1.42 bits per heavy atom. The van der Waals surface area contributed by atoms with Crippen molar-refractivity contribution in [2.75, 3.05) is 20.1 Å². The van der Waals surface area contributed by atoms with Crippen LogP contribution < -0.4 is 0 Å². The van der Waals surface area contributed by atoms with Crippen LogP contribution in [0.4, 0.5) is 0 Å². The van der Waals surface area contributed by atoms with E-state index in [-0.39, 0.29) is 0 Å². The molecule has 0 aromatic carbocycles. The first-order chi connectivity index (χ1) is 5.70. The van der Waals surface area contributed by atoms with Crippen molar-refractivity contribution >= 4 is 0 Å². The van der Waals surface area contributed by atoms with Gasteiger partial charge in [0.05, 0.1) is 13.1 Å². The summed E-state index contributed by atoms with van der Waals surface area (Å²) in [5.74, 6) is 0. The lowest BCUT2D eigenvalue weighted by Gasteiger charge is -2.11. The summed E-state index contributed by atoms with van der Waals surface area (Å²) in [7, 11) is 1.92. The first-order valence-electron chi connectivity index (χ1n) is 4.45. The minimum absolute atomic E-state index is 0.808. The van der Waals surface area contributed by atoms with Crippen molar-refractivity contribution in [3.8, 4) is 0 Å². The van der Waals surface area contributed by atoms with E-state index in [1.54, 1.807) is 0 Å². The maximum absolute atomic E-state index is 4.00. The van der Waals surface area contributed by atoms with Gasteiger partial charge in [-0.1, -0.05) is 31.2 Å². The zero-order valence-electron chi connectivity index (χ0n) is 8.38. The molecular weight excluding hydrogens is 150 g/mol. The van der Waals surface area contributed by atoms with Crippen LogP contribution in [-0.4, -0.2) is 25.1 Å². The van der Waals surface area contributed by atoms with Crippen LogP contribution in [0.5, 0.6) is 0 Å². The molecule has 0 radical (unpaired) electrons. The van der Waals surface area contributed by atoms with Crippen LogP contribution in [0.3, 0.4) is 0 Å². The number of hydrogen-bond acceptors (Lipinski definition) is 2. The minimum atomic E-state index is 0.808. The summed E-state index contributed by atoms with van der Waals surface area (Å²) in [6.07, 6.45) is 2.06. The van der Waals surface area contributed by atoms with E-state index < -0.39 is 0 Å². The Hall–Kier alpha value is -0.860. The molecule has 0 atom stereocenters. The number of hydrogen-bond donors (Lipinski definition) is 0. The molecule has 0 rings (SSSR count). The fraction of sp³-hybridized carbons (Fsp3) is 0.778. The number of likely N-dealkylation sites (N-methyl/N-ethyl adjacent to an activating group) is 1. The van der Waals surface area contributed by atoms with Gasteiger partial charge in [0.2, 0.25) is 0 Å². The molecule has 3 nitrogen and oxygen atoms in total. The Kier molecular flexibility index (Phi) is 6.34. The van der Waals surface area contributed by atoms with Crippen LogP contribution in [0.15, 0.2) is 22.5 Å². The van der Waals surface area contributed by atoms with Crippen LogP contribution in [0.1, 0.15) is 26.7 Å². The molecule has 3 heteroatoms. The highest BCUT2D eigenvalue weighted by Gasteiger charge is 1.94. The standard InChI is InChI=1S/C9H19N3/c1-5-7-10-11-12(4)8-9(3)6-2/h3,5-8H2,1-2,4H3. The molecule has 0 heterocycles. The van der Waals surface area contributed by atoms with Crippen molar-refractivity contribution in [1.82, 2.24) is 5.01 Å². The summed E-state index contributed by atoms with van der Waals surface area (Å²) in [5.41, 5.74) is 1.19. The highest BCUT2D eigenvalue weighted by molar-refractivity contribution is 4.94. The first kappa shape index (κ1) is 11.1. The molecule has 0 fully saturated rings. The minimum Gasteiger partial charge on any atom is -0.278 e. The molecule has 0 aromatic heterocycles. The van der Waals surface area contributed by atoms with Gasteiger partial charge < -0.3 is 0 Å². The second-order valence-electron chi connectivity index (χ2n) is 2.87. The van der Waals surface area contributed by atoms with Crippen LogP contribution in [0.25, 0.3) is 0 Å². The lowest BCUT2D eigenvalue weighted by Crippen LogP contribution is -2.13. The van der Waals surface area contributed by atoms with E-state index in [2.05, 4.69) is 30.8 Å². The predicted octanol–water partition coefficient (Wildman–Crippen LogP) is 2.66. The van der Waals surface area contributed by atoms with Crippen LogP contribution >= 0.6 is 0 Å². The molecule has 0 aliphatic heterocycles. The summed E-state index contributed by atoms with van der Waals surface area (Å²) in [6.45, 7) is 9.70. The van der Waals surface area contributed by atoms with Gasteiger partial charge in [0, 0.05) is 7.05 Å². The third-order valence-corrected chi connectivity index (χ3v) is 1.49. The number of nitrogens with zero attached hydrogens (tertiary/aromatic N) is 3. The van der Waals surface area contributed by atoms with Crippen molar-refractivity contribution in [2.45, 2.75) is 26.7 Å². The van der Waals surface area contributed by atoms with Gasteiger partial charge in [-0.3, -0.25) is 5.01 Å². The number of rotatable bonds is 6. The highest BCUT2D eigenvalue weighted by atomic mass is 15.5. The van der Waals surface area contributed by atoms with Gasteiger partial charge in [-0.15, -0.1) is 0 Å². The largest absolute Gasteiger partial charge is 0.278 e. The fourth-order valence-electron chi connectivity index (χ4n) is 0.720. The summed E-state index contributed by atoms with van der Waals surface area (Å²) in [4.78, 5) is 0. The van der Waals surface area contributed by atoms with E-state index in [9.17, 15) is 0 Å².